The number of phosphoric ester groups is 1. The number of hydrogen-bond donors (Lipinski definition) is 4. The fraction of sp³-hybridized carbons (Fsp3) is 0.636. The van der Waals surface area contributed by atoms with Crippen LogP contribution in [0.4, 0.5) is 4.79 Å². The van der Waals surface area contributed by atoms with Gasteiger partial charge in [-0.25, -0.2) is 14.2 Å². The molecule has 1 amide bonds. The Bertz CT molecular complexity index is 777. The van der Waals surface area contributed by atoms with E-state index in [0.717, 1.165) is 6.54 Å². The summed E-state index contributed by atoms with van der Waals surface area (Å²) in [6.07, 6.45) is -0.888. The number of hydrogen-bond acceptors (Lipinski definition) is 6. The minimum absolute atomic E-state index is 0.0369. The predicted octanol–water partition coefficient (Wildman–Crippen LogP) is 3.80. The Morgan fingerprint density at radius 3 is 1.85 bits per heavy atom. The van der Waals surface area contributed by atoms with Gasteiger partial charge in [0.15, 0.2) is 0 Å². The average molecular weight is 491 g/mol. The number of nitrogens with zero attached hydrogens (tertiary/aromatic N) is 1. The van der Waals surface area contributed by atoms with Crippen LogP contribution in [0.3, 0.4) is 0 Å². The number of alkyl carbamates (subject to hydrolysis) is 1. The maximum absolute atomic E-state index is 11.7. The van der Waals surface area contributed by atoms with Crippen LogP contribution in [0.1, 0.15) is 61.0 Å². The number of carboxylic acid groups (broad SMARTS) is 1. The van der Waals surface area contributed by atoms with Crippen molar-refractivity contribution in [3.63, 3.8) is 0 Å². The van der Waals surface area contributed by atoms with Crippen LogP contribution in [0.25, 0.3) is 0 Å². The van der Waals surface area contributed by atoms with E-state index in [1.165, 1.54) is 24.3 Å². The van der Waals surface area contributed by atoms with Gasteiger partial charge in [0.05, 0.1) is 0 Å². The molecule has 0 aliphatic rings. The van der Waals surface area contributed by atoms with Gasteiger partial charge in [-0.3, -0.25) is 14.7 Å². The number of carbonyl (C=O) groups excluding carboxylic acids is 1. The SMILES string of the molecule is CC(C)(C)OC(=O)N[C@@H](Cc1ccc(OP(=O)(O)O)cc1)C(=O)O.CCN(C(C)C)C(C)C. The Labute approximate surface area is 196 Å². The van der Waals surface area contributed by atoms with Crippen molar-refractivity contribution in [3.8, 4) is 5.75 Å². The molecule has 1 atom stereocenters. The van der Waals surface area contributed by atoms with E-state index < -0.39 is 31.5 Å². The molecule has 0 saturated carbocycles. The molecular weight excluding hydrogens is 451 g/mol. The van der Waals surface area contributed by atoms with E-state index >= 15 is 0 Å². The van der Waals surface area contributed by atoms with Crippen LogP contribution in [-0.2, 0) is 20.5 Å². The third kappa shape index (κ3) is 14.6. The van der Waals surface area contributed by atoms with Crippen molar-refractivity contribution in [2.45, 2.75) is 85.5 Å². The van der Waals surface area contributed by atoms with Crippen LogP contribution in [0.2, 0.25) is 0 Å². The Hall–Kier alpha value is -2.13. The predicted molar refractivity (Wildman–Crippen MR) is 126 cm³/mol. The van der Waals surface area contributed by atoms with Gasteiger partial charge in [-0.05, 0) is 72.7 Å². The summed E-state index contributed by atoms with van der Waals surface area (Å²) in [6.45, 7) is 17.3. The lowest BCUT2D eigenvalue weighted by Crippen LogP contribution is -2.44. The van der Waals surface area contributed by atoms with E-state index in [2.05, 4.69) is 49.4 Å². The smallest absolute Gasteiger partial charge is 0.480 e. The maximum atomic E-state index is 11.7. The lowest BCUT2D eigenvalue weighted by molar-refractivity contribution is -0.139. The van der Waals surface area contributed by atoms with E-state index in [-0.39, 0.29) is 12.2 Å². The summed E-state index contributed by atoms with van der Waals surface area (Å²) in [6, 6.07) is 5.63. The van der Waals surface area contributed by atoms with Crippen LogP contribution >= 0.6 is 7.82 Å². The Morgan fingerprint density at radius 1 is 1.06 bits per heavy atom. The Balaban J connectivity index is 0.000000960. The van der Waals surface area contributed by atoms with Crippen molar-refractivity contribution in [2.75, 3.05) is 6.54 Å². The highest BCUT2D eigenvalue weighted by molar-refractivity contribution is 7.46. The molecule has 0 aromatic heterocycles. The molecule has 0 spiro atoms. The highest BCUT2D eigenvalue weighted by atomic mass is 31.2. The number of nitrogens with one attached hydrogen (secondary N) is 1. The van der Waals surface area contributed by atoms with Crippen LogP contribution in [0.15, 0.2) is 24.3 Å². The summed E-state index contributed by atoms with van der Waals surface area (Å²) in [5, 5.41) is 11.4. The standard InChI is InChI=1S/C14H20NO8P.C8H19N/c1-14(2,3)22-13(18)15-11(12(16)17)8-9-4-6-10(7-5-9)23-24(19,20)21;1-6-9(7(2)3)8(4)5/h4-7,11H,8H2,1-3H3,(H,15,18)(H,16,17)(H2,19,20,21);7-8H,6H2,1-5H3/t11-;/m0./s1. The Kier molecular flexibility index (Phi) is 12.7. The van der Waals surface area contributed by atoms with E-state index in [9.17, 15) is 19.3 Å². The summed E-state index contributed by atoms with van der Waals surface area (Å²) in [5.41, 5.74) is -0.231. The topological polar surface area (TPSA) is 146 Å². The zero-order chi connectivity index (χ0) is 26.0. The highest BCUT2D eigenvalue weighted by Gasteiger charge is 2.24. The average Bonchev–Trinajstić information content (AvgIpc) is 2.60. The molecule has 1 aromatic rings. The van der Waals surface area contributed by atoms with Gasteiger partial charge in [-0.2, -0.15) is 0 Å². The number of benzene rings is 1. The molecule has 33 heavy (non-hydrogen) atoms. The molecule has 11 heteroatoms. The van der Waals surface area contributed by atoms with Crippen molar-refractivity contribution >= 4 is 19.9 Å². The van der Waals surface area contributed by atoms with E-state index in [1.807, 2.05) is 0 Å². The fourth-order valence-corrected chi connectivity index (χ4v) is 3.43. The van der Waals surface area contributed by atoms with Crippen LogP contribution in [0, 0.1) is 0 Å². The second kappa shape index (κ2) is 13.5. The number of carbonyl (C=O) groups is 2. The second-order valence-electron chi connectivity index (χ2n) is 8.98. The first-order valence-electron chi connectivity index (χ1n) is 10.8. The van der Waals surface area contributed by atoms with Gasteiger partial charge in [0.2, 0.25) is 0 Å². The highest BCUT2D eigenvalue weighted by Crippen LogP contribution is 2.37. The molecule has 4 N–H and O–H groups in total. The lowest BCUT2D eigenvalue weighted by atomic mass is 10.1. The minimum atomic E-state index is -4.65. The lowest BCUT2D eigenvalue weighted by Gasteiger charge is -2.28. The summed E-state index contributed by atoms with van der Waals surface area (Å²) >= 11 is 0. The normalized spacial score (nSPS) is 12.8. The zero-order valence-corrected chi connectivity index (χ0v) is 21.6. The summed E-state index contributed by atoms with van der Waals surface area (Å²) < 4.78 is 20.1. The maximum Gasteiger partial charge on any atom is 0.524 e. The summed E-state index contributed by atoms with van der Waals surface area (Å²) in [5.74, 6) is -1.30. The summed E-state index contributed by atoms with van der Waals surface area (Å²) in [7, 11) is -4.65. The number of phosphoric acid groups is 1. The largest absolute Gasteiger partial charge is 0.524 e. The minimum Gasteiger partial charge on any atom is -0.480 e. The number of aliphatic carboxylic acids is 1. The van der Waals surface area contributed by atoms with Crippen molar-refractivity contribution in [2.24, 2.45) is 0 Å². The molecule has 0 aliphatic carbocycles. The molecule has 10 nitrogen and oxygen atoms in total. The molecule has 0 saturated heterocycles. The molecule has 0 bridgehead atoms. The third-order valence-corrected chi connectivity index (χ3v) is 4.72. The molecule has 0 radical (unpaired) electrons. The second-order valence-corrected chi connectivity index (χ2v) is 10.1. The van der Waals surface area contributed by atoms with Gasteiger partial charge in [-0.15, -0.1) is 0 Å². The van der Waals surface area contributed by atoms with Crippen molar-refractivity contribution in [3.05, 3.63) is 29.8 Å². The van der Waals surface area contributed by atoms with E-state index in [1.54, 1.807) is 20.8 Å². The molecule has 1 rings (SSSR count). The Morgan fingerprint density at radius 2 is 1.55 bits per heavy atom. The fourth-order valence-electron chi connectivity index (χ4n) is 3.04. The first-order valence-corrected chi connectivity index (χ1v) is 12.3. The number of amides is 1. The van der Waals surface area contributed by atoms with Crippen molar-refractivity contribution in [1.29, 1.82) is 0 Å². The molecule has 0 aliphatic heterocycles. The third-order valence-electron chi connectivity index (χ3n) is 4.27. The van der Waals surface area contributed by atoms with E-state index in [0.29, 0.717) is 17.6 Å². The van der Waals surface area contributed by atoms with E-state index in [4.69, 9.17) is 14.5 Å². The van der Waals surface area contributed by atoms with Crippen LogP contribution in [0.5, 0.6) is 5.75 Å². The van der Waals surface area contributed by atoms with Crippen molar-refractivity contribution in [1.82, 2.24) is 10.2 Å². The first-order chi connectivity index (χ1) is 14.9. The molecule has 0 fully saturated rings. The molecule has 0 heterocycles. The molecule has 1 aromatic carbocycles. The zero-order valence-electron chi connectivity index (χ0n) is 20.7. The van der Waals surface area contributed by atoms with Gasteiger partial charge >= 0.3 is 19.9 Å². The van der Waals surface area contributed by atoms with Crippen LogP contribution < -0.4 is 9.84 Å². The molecule has 0 unspecified atom stereocenters. The van der Waals surface area contributed by atoms with Gasteiger partial charge in [0.25, 0.3) is 0 Å². The van der Waals surface area contributed by atoms with Crippen LogP contribution in [-0.4, -0.2) is 62.1 Å². The molecular formula is C22H39N2O8P. The quantitative estimate of drug-likeness (QED) is 0.380. The molecule has 190 valence electrons. The number of carboxylic acids is 1. The van der Waals surface area contributed by atoms with Gasteiger partial charge in [0.1, 0.15) is 17.4 Å². The van der Waals surface area contributed by atoms with Gasteiger partial charge in [-0.1, -0.05) is 19.1 Å². The summed E-state index contributed by atoms with van der Waals surface area (Å²) in [4.78, 5) is 42.8. The first kappa shape index (κ1) is 30.9. The number of ether oxygens (including phenoxy) is 1. The number of rotatable bonds is 9. The monoisotopic (exact) mass is 490 g/mol. The van der Waals surface area contributed by atoms with Gasteiger partial charge in [0, 0.05) is 18.5 Å². The van der Waals surface area contributed by atoms with Crippen molar-refractivity contribution < 1.29 is 38.3 Å². The van der Waals surface area contributed by atoms with Gasteiger partial charge < -0.3 is 19.7 Å².